The van der Waals surface area contributed by atoms with E-state index < -0.39 is 0 Å². The maximum atomic E-state index is 9.08. The van der Waals surface area contributed by atoms with Crippen molar-refractivity contribution in [3.05, 3.63) is 42.2 Å². The minimum Gasteiger partial charge on any atom is -0.397 e. The second-order valence-electron chi connectivity index (χ2n) is 3.75. The zero-order chi connectivity index (χ0) is 13.2. The van der Waals surface area contributed by atoms with Gasteiger partial charge >= 0.3 is 0 Å². The minimum absolute atomic E-state index is 0.428. The molecule has 3 aromatic rings. The molecule has 0 radical (unpaired) electrons. The molecule has 0 fully saturated rings. The van der Waals surface area contributed by atoms with E-state index in [1.165, 1.54) is 18.0 Å². The van der Waals surface area contributed by atoms with Crippen LogP contribution in [0.3, 0.4) is 0 Å². The molecule has 0 aliphatic carbocycles. The first-order chi connectivity index (χ1) is 9.28. The molecule has 19 heavy (non-hydrogen) atoms. The van der Waals surface area contributed by atoms with Gasteiger partial charge in [0.25, 0.3) is 0 Å². The van der Waals surface area contributed by atoms with Crippen molar-refractivity contribution < 1.29 is 0 Å². The van der Waals surface area contributed by atoms with Crippen LogP contribution in [0, 0.1) is 11.3 Å². The summed E-state index contributed by atoms with van der Waals surface area (Å²) in [7, 11) is 0. The van der Waals surface area contributed by atoms with Crippen LogP contribution in [0.25, 0.3) is 5.65 Å². The molecule has 0 aromatic carbocycles. The smallest absolute Gasteiger partial charge is 0.201 e. The van der Waals surface area contributed by atoms with Crippen molar-refractivity contribution >= 4 is 23.1 Å². The molecule has 0 amide bonds. The topological polar surface area (TPSA) is 92.9 Å². The van der Waals surface area contributed by atoms with Crippen molar-refractivity contribution in [3.63, 3.8) is 0 Å². The van der Waals surface area contributed by atoms with E-state index in [4.69, 9.17) is 11.0 Å². The molecule has 2 N–H and O–H groups in total. The van der Waals surface area contributed by atoms with Gasteiger partial charge in [0.2, 0.25) is 5.16 Å². The molecule has 0 spiro atoms. The highest BCUT2D eigenvalue weighted by Gasteiger charge is 2.11. The van der Waals surface area contributed by atoms with Crippen molar-refractivity contribution in [2.45, 2.75) is 10.2 Å². The SMILES string of the molecule is N#Cc1cc(N)cnc1Sc1nnc2ccccn12. The molecule has 92 valence electrons. The number of nitrogens with zero attached hydrogens (tertiary/aromatic N) is 5. The summed E-state index contributed by atoms with van der Waals surface area (Å²) >= 11 is 1.28. The van der Waals surface area contributed by atoms with Gasteiger partial charge < -0.3 is 5.73 Å². The zero-order valence-electron chi connectivity index (χ0n) is 9.69. The van der Waals surface area contributed by atoms with Crippen LogP contribution in [0.4, 0.5) is 5.69 Å². The summed E-state index contributed by atoms with van der Waals surface area (Å²) in [5.41, 5.74) is 7.25. The molecule has 0 atom stereocenters. The number of nitriles is 1. The summed E-state index contributed by atoms with van der Waals surface area (Å²) in [4.78, 5) is 4.17. The van der Waals surface area contributed by atoms with E-state index in [1.54, 1.807) is 6.07 Å². The van der Waals surface area contributed by atoms with Crippen molar-refractivity contribution in [1.82, 2.24) is 19.6 Å². The molecule has 0 aliphatic rings. The maximum absolute atomic E-state index is 9.08. The number of nitrogen functional groups attached to an aromatic ring is 1. The van der Waals surface area contributed by atoms with Crippen LogP contribution in [0.15, 0.2) is 46.8 Å². The number of anilines is 1. The predicted molar refractivity (Wildman–Crippen MR) is 70.5 cm³/mol. The van der Waals surface area contributed by atoms with E-state index in [0.29, 0.717) is 21.4 Å². The number of fused-ring (bicyclic) bond motifs is 1. The monoisotopic (exact) mass is 268 g/mol. The normalized spacial score (nSPS) is 10.5. The second-order valence-corrected chi connectivity index (χ2v) is 4.70. The molecule has 0 saturated heterocycles. The molecule has 0 unspecified atom stereocenters. The summed E-state index contributed by atoms with van der Waals surface area (Å²) in [6, 6.07) is 9.31. The summed E-state index contributed by atoms with van der Waals surface area (Å²) in [5, 5.41) is 18.4. The molecule has 0 saturated carbocycles. The van der Waals surface area contributed by atoms with Crippen molar-refractivity contribution in [1.29, 1.82) is 5.26 Å². The molecule has 7 heteroatoms. The fourth-order valence-corrected chi connectivity index (χ4v) is 2.43. The Balaban J connectivity index is 2.04. The third-order valence-electron chi connectivity index (χ3n) is 2.46. The van der Waals surface area contributed by atoms with E-state index in [2.05, 4.69) is 21.3 Å². The maximum Gasteiger partial charge on any atom is 0.201 e. The summed E-state index contributed by atoms with van der Waals surface area (Å²) in [6.45, 7) is 0. The Hall–Kier alpha value is -2.59. The fourth-order valence-electron chi connectivity index (χ4n) is 1.61. The van der Waals surface area contributed by atoms with Crippen LogP contribution in [-0.2, 0) is 0 Å². The number of pyridine rings is 2. The highest BCUT2D eigenvalue weighted by atomic mass is 32.2. The van der Waals surface area contributed by atoms with Gasteiger partial charge in [-0.1, -0.05) is 6.07 Å². The Bertz CT molecular complexity index is 788. The predicted octanol–water partition coefficient (Wildman–Crippen LogP) is 1.73. The standard InChI is InChI=1S/C12H8N6S/c13-6-8-5-9(14)7-15-11(8)19-12-17-16-10-3-1-2-4-18(10)12/h1-5,7H,14H2. The first-order valence-corrected chi connectivity index (χ1v) is 6.23. The van der Waals surface area contributed by atoms with Crippen LogP contribution >= 0.6 is 11.8 Å². The lowest BCUT2D eigenvalue weighted by Gasteiger charge is -2.02. The summed E-state index contributed by atoms with van der Waals surface area (Å²) < 4.78 is 1.84. The van der Waals surface area contributed by atoms with Gasteiger partial charge in [0.15, 0.2) is 5.65 Å². The Morgan fingerprint density at radius 2 is 2.21 bits per heavy atom. The Morgan fingerprint density at radius 3 is 3.05 bits per heavy atom. The molecular formula is C12H8N6S. The van der Waals surface area contributed by atoms with Gasteiger partial charge in [0.1, 0.15) is 11.1 Å². The third-order valence-corrected chi connectivity index (χ3v) is 3.44. The Kier molecular flexibility index (Phi) is 2.78. The average molecular weight is 268 g/mol. The summed E-state index contributed by atoms with van der Waals surface area (Å²) in [5.74, 6) is 0. The van der Waals surface area contributed by atoms with Gasteiger partial charge in [0.05, 0.1) is 17.4 Å². The molecular weight excluding hydrogens is 260 g/mol. The Labute approximate surface area is 112 Å². The van der Waals surface area contributed by atoms with Crippen LogP contribution in [-0.4, -0.2) is 19.6 Å². The van der Waals surface area contributed by atoms with Gasteiger partial charge in [-0.05, 0) is 30.0 Å². The quantitative estimate of drug-likeness (QED) is 0.760. The molecule has 0 bridgehead atoms. The van der Waals surface area contributed by atoms with Gasteiger partial charge in [0, 0.05) is 6.20 Å². The highest BCUT2D eigenvalue weighted by Crippen LogP contribution is 2.28. The molecule has 6 nitrogen and oxygen atoms in total. The van der Waals surface area contributed by atoms with E-state index in [-0.39, 0.29) is 0 Å². The van der Waals surface area contributed by atoms with Gasteiger partial charge in [-0.25, -0.2) is 4.98 Å². The molecule has 3 heterocycles. The van der Waals surface area contributed by atoms with Gasteiger partial charge in [-0.15, -0.1) is 10.2 Å². The zero-order valence-corrected chi connectivity index (χ0v) is 10.5. The van der Waals surface area contributed by atoms with Crippen LogP contribution < -0.4 is 5.73 Å². The average Bonchev–Trinajstić information content (AvgIpc) is 2.84. The van der Waals surface area contributed by atoms with E-state index in [0.717, 1.165) is 5.65 Å². The van der Waals surface area contributed by atoms with Crippen molar-refractivity contribution in [2.24, 2.45) is 0 Å². The number of rotatable bonds is 2. The number of nitrogens with two attached hydrogens (primary N) is 1. The fraction of sp³-hybridized carbons (Fsp3) is 0. The van der Waals surface area contributed by atoms with Crippen LogP contribution in [0.1, 0.15) is 5.56 Å². The number of hydrogen-bond donors (Lipinski definition) is 1. The van der Waals surface area contributed by atoms with E-state index in [1.807, 2.05) is 28.8 Å². The van der Waals surface area contributed by atoms with Crippen LogP contribution in [0.2, 0.25) is 0 Å². The molecule has 0 aliphatic heterocycles. The highest BCUT2D eigenvalue weighted by molar-refractivity contribution is 7.99. The number of aromatic nitrogens is 4. The molecule has 3 rings (SSSR count). The summed E-state index contributed by atoms with van der Waals surface area (Å²) in [6.07, 6.45) is 3.38. The van der Waals surface area contributed by atoms with Crippen molar-refractivity contribution in [3.8, 4) is 6.07 Å². The lowest BCUT2D eigenvalue weighted by molar-refractivity contribution is 0.916. The van der Waals surface area contributed by atoms with Gasteiger partial charge in [-0.2, -0.15) is 5.26 Å². The van der Waals surface area contributed by atoms with Gasteiger partial charge in [-0.3, -0.25) is 4.40 Å². The Morgan fingerprint density at radius 1 is 1.32 bits per heavy atom. The lowest BCUT2D eigenvalue weighted by Crippen LogP contribution is -1.93. The van der Waals surface area contributed by atoms with E-state index in [9.17, 15) is 0 Å². The lowest BCUT2D eigenvalue weighted by atomic mass is 10.3. The second kappa shape index (κ2) is 4.59. The largest absolute Gasteiger partial charge is 0.397 e. The first kappa shape index (κ1) is 11.5. The molecule has 3 aromatic heterocycles. The van der Waals surface area contributed by atoms with Crippen molar-refractivity contribution in [2.75, 3.05) is 5.73 Å². The number of hydrogen-bond acceptors (Lipinski definition) is 6. The third kappa shape index (κ3) is 2.09. The van der Waals surface area contributed by atoms with Crippen LogP contribution in [0.5, 0.6) is 0 Å². The van der Waals surface area contributed by atoms with E-state index >= 15 is 0 Å². The minimum atomic E-state index is 0.428. The first-order valence-electron chi connectivity index (χ1n) is 5.41.